The van der Waals surface area contributed by atoms with Crippen molar-refractivity contribution in [3.05, 3.63) is 53.2 Å². The summed E-state index contributed by atoms with van der Waals surface area (Å²) in [5, 5.41) is 12.2. The van der Waals surface area contributed by atoms with Gasteiger partial charge in [-0.2, -0.15) is 0 Å². The Labute approximate surface area is 162 Å². The third-order valence-electron chi connectivity index (χ3n) is 4.63. The number of aromatic nitrogens is 2. The van der Waals surface area contributed by atoms with E-state index in [4.69, 9.17) is 9.84 Å². The topological polar surface area (TPSA) is 87.6 Å². The lowest BCUT2D eigenvalue weighted by Gasteiger charge is -2.18. The molecule has 0 spiro atoms. The molecule has 0 unspecified atom stereocenters. The van der Waals surface area contributed by atoms with Gasteiger partial charge in [-0.15, -0.1) is 0 Å². The number of halogens is 1. The average molecular weight is 386 g/mol. The van der Waals surface area contributed by atoms with Crippen LogP contribution in [0, 0.1) is 5.82 Å². The second-order valence-electron chi connectivity index (χ2n) is 6.78. The lowest BCUT2D eigenvalue weighted by molar-refractivity contribution is -0.132. The fourth-order valence-electron chi connectivity index (χ4n) is 3.19. The van der Waals surface area contributed by atoms with Crippen LogP contribution in [0.3, 0.4) is 0 Å². The van der Waals surface area contributed by atoms with Crippen LogP contribution in [-0.4, -0.2) is 52.2 Å². The molecule has 28 heavy (non-hydrogen) atoms. The molecular weight excluding hydrogens is 363 g/mol. The predicted octanol–water partition coefficient (Wildman–Crippen LogP) is 2.80. The molecule has 2 aromatic rings. The second-order valence-corrected chi connectivity index (χ2v) is 6.78. The molecule has 3 rings (SSSR count). The van der Waals surface area contributed by atoms with Gasteiger partial charge in [0.05, 0.1) is 25.2 Å². The van der Waals surface area contributed by atoms with E-state index in [1.807, 2.05) is 0 Å². The smallest absolute Gasteiger partial charge is 0.331 e. The molecule has 1 saturated heterocycles. The molecule has 0 radical (unpaired) electrons. The highest BCUT2D eigenvalue weighted by Gasteiger charge is 2.23. The molecule has 1 aliphatic rings. The van der Waals surface area contributed by atoms with Crippen LogP contribution in [0.1, 0.15) is 24.6 Å². The fourth-order valence-corrected chi connectivity index (χ4v) is 3.19. The summed E-state index contributed by atoms with van der Waals surface area (Å²) < 4.78 is 18.9. The number of aliphatic carboxylic acids is 1. The van der Waals surface area contributed by atoms with Gasteiger partial charge in [0.15, 0.2) is 0 Å². The van der Waals surface area contributed by atoms with Crippen molar-refractivity contribution in [2.75, 3.05) is 25.5 Å². The first kappa shape index (κ1) is 19.8. The Morgan fingerprint density at radius 1 is 1.43 bits per heavy atom. The maximum Gasteiger partial charge on any atom is 0.331 e. The van der Waals surface area contributed by atoms with E-state index in [0.29, 0.717) is 23.8 Å². The molecule has 2 heterocycles. The molecule has 1 aromatic heterocycles. The molecule has 7 nitrogen and oxygen atoms in total. The van der Waals surface area contributed by atoms with Crippen LogP contribution in [0.2, 0.25) is 0 Å². The highest BCUT2D eigenvalue weighted by Crippen LogP contribution is 2.23. The summed E-state index contributed by atoms with van der Waals surface area (Å²) in [4.78, 5) is 21.6. The number of hydrogen-bond donors (Lipinski definition) is 2. The fraction of sp³-hybridized carbons (Fsp3) is 0.350. The number of hydrogen-bond acceptors (Lipinski definition) is 6. The summed E-state index contributed by atoms with van der Waals surface area (Å²) in [6.07, 6.45) is 5.54. The van der Waals surface area contributed by atoms with E-state index in [9.17, 15) is 9.18 Å². The monoisotopic (exact) mass is 386 g/mol. The quantitative estimate of drug-likeness (QED) is 0.708. The Morgan fingerprint density at radius 2 is 2.25 bits per heavy atom. The van der Waals surface area contributed by atoms with Crippen LogP contribution >= 0.6 is 0 Å². The van der Waals surface area contributed by atoms with E-state index in [0.717, 1.165) is 25.1 Å². The van der Waals surface area contributed by atoms with E-state index in [1.165, 1.54) is 25.1 Å². The molecule has 0 amide bonds. The number of carboxylic acid groups (broad SMARTS) is 1. The highest BCUT2D eigenvalue weighted by atomic mass is 19.1. The summed E-state index contributed by atoms with van der Waals surface area (Å²) >= 11 is 0. The van der Waals surface area contributed by atoms with Gasteiger partial charge in [-0.1, -0.05) is 0 Å². The van der Waals surface area contributed by atoms with Gasteiger partial charge in [0, 0.05) is 36.8 Å². The highest BCUT2D eigenvalue weighted by molar-refractivity contribution is 5.91. The number of methoxy groups -OCH3 is 1. The molecule has 1 aromatic carbocycles. The molecule has 0 aliphatic carbocycles. The number of benzene rings is 1. The number of ether oxygens (including phenoxy) is 1. The van der Waals surface area contributed by atoms with Crippen molar-refractivity contribution >= 4 is 17.9 Å². The molecular formula is C20H23FN4O3. The van der Waals surface area contributed by atoms with Gasteiger partial charge in [-0.05, 0) is 37.6 Å². The molecule has 0 bridgehead atoms. The molecule has 2 N–H and O–H groups in total. The van der Waals surface area contributed by atoms with Crippen molar-refractivity contribution < 1.29 is 19.0 Å². The zero-order valence-corrected chi connectivity index (χ0v) is 15.9. The van der Waals surface area contributed by atoms with Gasteiger partial charge in [0.25, 0.3) is 0 Å². The van der Waals surface area contributed by atoms with Gasteiger partial charge < -0.3 is 15.2 Å². The number of rotatable bonds is 7. The van der Waals surface area contributed by atoms with Gasteiger partial charge in [0.1, 0.15) is 17.4 Å². The van der Waals surface area contributed by atoms with Crippen LogP contribution in [0.5, 0.6) is 5.75 Å². The number of nitrogens with one attached hydrogen (secondary N) is 1. The zero-order valence-electron chi connectivity index (χ0n) is 15.9. The standard InChI is InChI=1S/C20H23FN4O3/c1-13(20(26)27)7-17-9-23-19(10-22-17)24-16-5-6-25(12-16)11-14-8-15(21)3-4-18(14)28-2/h3-4,7-10,16H,5-6,11-12H2,1-2H3,(H,23,24)(H,26,27)/t16-/m1/s1. The minimum atomic E-state index is -0.982. The maximum absolute atomic E-state index is 13.5. The Bertz CT molecular complexity index is 870. The number of carboxylic acids is 1. The Kier molecular flexibility index (Phi) is 6.20. The average Bonchev–Trinajstić information content (AvgIpc) is 3.10. The second kappa shape index (κ2) is 8.79. The molecule has 1 fully saturated rings. The normalized spacial score (nSPS) is 17.5. The predicted molar refractivity (Wildman–Crippen MR) is 104 cm³/mol. The number of likely N-dealkylation sites (tertiary alicyclic amines) is 1. The van der Waals surface area contributed by atoms with Crippen LogP contribution < -0.4 is 10.1 Å². The Morgan fingerprint density at radius 3 is 2.93 bits per heavy atom. The van der Waals surface area contributed by atoms with Gasteiger partial charge in [-0.25, -0.2) is 14.2 Å². The van der Waals surface area contributed by atoms with E-state index in [1.54, 1.807) is 25.6 Å². The van der Waals surface area contributed by atoms with Gasteiger partial charge in [0.2, 0.25) is 0 Å². The van der Waals surface area contributed by atoms with E-state index < -0.39 is 5.97 Å². The molecule has 0 saturated carbocycles. The molecule has 148 valence electrons. The number of carbonyl (C=O) groups is 1. The summed E-state index contributed by atoms with van der Waals surface area (Å²) in [5.74, 6) is 0.0708. The summed E-state index contributed by atoms with van der Waals surface area (Å²) in [5.41, 5.74) is 1.53. The van der Waals surface area contributed by atoms with E-state index in [-0.39, 0.29) is 17.4 Å². The third kappa shape index (κ3) is 5.04. The van der Waals surface area contributed by atoms with Crippen molar-refractivity contribution in [3.8, 4) is 5.75 Å². The van der Waals surface area contributed by atoms with Crippen LogP contribution in [0.25, 0.3) is 6.08 Å². The van der Waals surface area contributed by atoms with Crippen LogP contribution in [-0.2, 0) is 11.3 Å². The summed E-state index contributed by atoms with van der Waals surface area (Å²) in [7, 11) is 1.58. The first-order chi connectivity index (χ1) is 13.4. The van der Waals surface area contributed by atoms with Crippen molar-refractivity contribution in [2.24, 2.45) is 0 Å². The van der Waals surface area contributed by atoms with Crippen molar-refractivity contribution in [1.29, 1.82) is 0 Å². The van der Waals surface area contributed by atoms with Gasteiger partial charge in [-0.3, -0.25) is 9.88 Å². The zero-order chi connectivity index (χ0) is 20.1. The first-order valence-corrected chi connectivity index (χ1v) is 8.99. The minimum Gasteiger partial charge on any atom is -0.496 e. The summed E-state index contributed by atoms with van der Waals surface area (Å²) in [6.45, 7) is 3.80. The largest absolute Gasteiger partial charge is 0.496 e. The lowest BCUT2D eigenvalue weighted by atomic mass is 10.2. The van der Waals surface area contributed by atoms with Crippen LogP contribution in [0.15, 0.2) is 36.2 Å². The minimum absolute atomic E-state index is 0.203. The molecule has 1 aliphatic heterocycles. The molecule has 1 atom stereocenters. The lowest BCUT2D eigenvalue weighted by Crippen LogP contribution is -2.26. The van der Waals surface area contributed by atoms with Crippen LogP contribution in [0.4, 0.5) is 10.2 Å². The Balaban J connectivity index is 1.57. The maximum atomic E-state index is 13.5. The Hall–Kier alpha value is -3.00. The van der Waals surface area contributed by atoms with Crippen molar-refractivity contribution in [1.82, 2.24) is 14.9 Å². The first-order valence-electron chi connectivity index (χ1n) is 8.99. The van der Waals surface area contributed by atoms with E-state index >= 15 is 0 Å². The van der Waals surface area contributed by atoms with E-state index in [2.05, 4.69) is 20.2 Å². The van der Waals surface area contributed by atoms with Crippen molar-refractivity contribution in [3.63, 3.8) is 0 Å². The third-order valence-corrected chi connectivity index (χ3v) is 4.63. The number of nitrogens with zero attached hydrogens (tertiary/aromatic N) is 3. The van der Waals surface area contributed by atoms with Crippen molar-refractivity contribution in [2.45, 2.75) is 25.9 Å². The number of anilines is 1. The SMILES string of the molecule is COc1ccc(F)cc1CN1CC[C@@H](Nc2cnc(C=C(C)C(=O)O)cn2)C1. The van der Waals surface area contributed by atoms with Gasteiger partial charge >= 0.3 is 5.97 Å². The summed E-state index contributed by atoms with van der Waals surface area (Å²) in [6, 6.07) is 4.76. The molecule has 8 heteroatoms.